The Balaban J connectivity index is 0. The van der Waals surface area contributed by atoms with Gasteiger partial charge in [0.1, 0.15) is 4.32 Å². The quantitative estimate of drug-likeness (QED) is 0.214. The topological polar surface area (TPSA) is 64.3 Å². The third kappa shape index (κ3) is 11.2. The zero-order valence-electron chi connectivity index (χ0n) is 8.56. The van der Waals surface area contributed by atoms with Gasteiger partial charge in [0.05, 0.1) is 6.61 Å². The summed E-state index contributed by atoms with van der Waals surface area (Å²) in [5.74, 6) is 0.869. The van der Waals surface area contributed by atoms with E-state index in [4.69, 9.17) is 10.5 Å². The first kappa shape index (κ1) is 18.3. The van der Waals surface area contributed by atoms with E-state index in [1.165, 1.54) is 0 Å². The first-order valence-electron chi connectivity index (χ1n) is 4.08. The molecule has 90 valence electrons. The number of hydrogen-bond donors (Lipinski definition) is 3. The number of hydrogen-bond acceptors (Lipinski definition) is 5. The van der Waals surface area contributed by atoms with Crippen LogP contribution in [0.3, 0.4) is 0 Å². The summed E-state index contributed by atoms with van der Waals surface area (Å²) in [6.07, 6.45) is 0. The Kier molecular flexibility index (Phi) is 13.9. The third-order valence-electron chi connectivity index (χ3n) is 1.22. The molecule has 4 nitrogen and oxygen atoms in total. The van der Waals surface area contributed by atoms with Crippen molar-refractivity contribution < 1.29 is 9.53 Å². The van der Waals surface area contributed by atoms with Crippen molar-refractivity contribution in [1.82, 2.24) is 5.32 Å². The summed E-state index contributed by atoms with van der Waals surface area (Å²) >= 11 is 9.26. The Morgan fingerprint density at radius 2 is 2.33 bits per heavy atom. The molecule has 1 rings (SSSR count). The van der Waals surface area contributed by atoms with Crippen molar-refractivity contribution in [1.29, 1.82) is 0 Å². The molecular weight excluding hydrogens is 449 g/mol. The number of carbonyl (C=O) groups excluding carboxylic acids is 1. The van der Waals surface area contributed by atoms with E-state index in [-0.39, 0.29) is 41.9 Å². The fourth-order valence-electron chi connectivity index (χ4n) is 0.795. The Morgan fingerprint density at radius 1 is 1.80 bits per heavy atom. The van der Waals surface area contributed by atoms with E-state index < -0.39 is 0 Å². The predicted molar refractivity (Wildman–Crippen MR) is 76.6 cm³/mol. The summed E-state index contributed by atoms with van der Waals surface area (Å²) in [6, 6.07) is 0. The summed E-state index contributed by atoms with van der Waals surface area (Å²) in [4.78, 5) is 10.9. The van der Waals surface area contributed by atoms with Gasteiger partial charge in [0.2, 0.25) is 0 Å². The molecule has 0 spiro atoms. The fourth-order valence-corrected chi connectivity index (χ4v) is 1.71. The number of rotatable bonds is 2. The summed E-state index contributed by atoms with van der Waals surface area (Å²) in [7, 11) is 0. The molecule has 1 fully saturated rings. The first-order valence-corrected chi connectivity index (χ1v) is 5.98. The van der Waals surface area contributed by atoms with Crippen LogP contribution in [0.1, 0.15) is 6.92 Å². The molecule has 0 bridgehead atoms. The van der Waals surface area contributed by atoms with Crippen LogP contribution in [0, 0.1) is 0 Å². The van der Waals surface area contributed by atoms with Crippen LogP contribution >= 0.6 is 36.6 Å². The molecule has 1 saturated heterocycles. The van der Waals surface area contributed by atoms with Crippen LogP contribution in [0.25, 0.3) is 0 Å². The Labute approximate surface area is 124 Å². The average molecular weight is 466 g/mol. The molecular formula is C7H17BiN2O2S3. The van der Waals surface area contributed by atoms with E-state index in [0.717, 1.165) is 12.3 Å². The first-order chi connectivity index (χ1) is 6.57. The van der Waals surface area contributed by atoms with Gasteiger partial charge < -0.3 is 10.5 Å². The zero-order valence-corrected chi connectivity index (χ0v) is 16.6. The maximum atomic E-state index is 10.9. The number of thioether (sulfide) groups is 1. The van der Waals surface area contributed by atoms with Crippen LogP contribution in [-0.2, 0) is 9.53 Å². The Bertz CT molecular complexity index is 197. The summed E-state index contributed by atoms with van der Waals surface area (Å²) in [5, 5.41) is 2.92. The molecule has 1 atom stereocenters. The molecule has 0 aromatic carbocycles. The zero-order chi connectivity index (χ0) is 11.0. The van der Waals surface area contributed by atoms with Crippen molar-refractivity contribution in [3.8, 4) is 0 Å². The molecule has 1 heterocycles. The number of thiocarbonyl (C=S) groups is 1. The maximum absolute atomic E-state index is 10.9. The second-order valence-electron chi connectivity index (χ2n) is 2.30. The minimum atomic E-state index is -0.134. The van der Waals surface area contributed by atoms with Gasteiger partial charge in [-0.2, -0.15) is 0 Å². The van der Waals surface area contributed by atoms with Crippen molar-refractivity contribution in [2.45, 2.75) is 12.3 Å². The van der Waals surface area contributed by atoms with E-state index >= 15 is 0 Å². The van der Waals surface area contributed by atoms with Crippen LogP contribution < -0.4 is 11.1 Å². The molecule has 1 aliphatic heterocycles. The fraction of sp³-hybridized carbons (Fsp3) is 0.714. The number of nitrogens with one attached hydrogen (secondary N) is 1. The molecule has 0 aromatic heterocycles. The molecule has 15 heavy (non-hydrogen) atoms. The van der Waals surface area contributed by atoms with Crippen LogP contribution in [0.2, 0.25) is 0 Å². The van der Waals surface area contributed by atoms with E-state index in [1.807, 2.05) is 6.92 Å². The van der Waals surface area contributed by atoms with Crippen molar-refractivity contribution in [2.75, 3.05) is 18.9 Å². The van der Waals surface area contributed by atoms with Gasteiger partial charge in [-0.15, -0.1) is 24.4 Å². The average Bonchev–Trinajstić information content (AvgIpc) is 2.55. The van der Waals surface area contributed by atoms with Crippen LogP contribution in [0.5, 0.6) is 0 Å². The normalized spacial score (nSPS) is 18.1. The van der Waals surface area contributed by atoms with Gasteiger partial charge in [-0.1, -0.05) is 12.2 Å². The van der Waals surface area contributed by atoms with E-state index in [1.54, 1.807) is 11.8 Å². The summed E-state index contributed by atoms with van der Waals surface area (Å²) in [6.45, 7) is 3.20. The van der Waals surface area contributed by atoms with Crippen molar-refractivity contribution >= 4 is 73.1 Å². The van der Waals surface area contributed by atoms with Crippen LogP contribution in [0.15, 0.2) is 0 Å². The van der Waals surface area contributed by atoms with Gasteiger partial charge in [0.15, 0.2) is 5.37 Å². The van der Waals surface area contributed by atoms with Gasteiger partial charge in [-0.05, 0) is 6.92 Å². The number of esters is 1. The second-order valence-corrected chi connectivity index (χ2v) is 4.73. The molecule has 3 N–H and O–H groups in total. The molecule has 0 radical (unpaired) electrons. The predicted octanol–water partition coefficient (Wildman–Crippen LogP) is -0.812. The van der Waals surface area contributed by atoms with Crippen molar-refractivity contribution in [3.63, 3.8) is 0 Å². The number of nitrogens with two attached hydrogens (primary N) is 1. The van der Waals surface area contributed by atoms with Crippen LogP contribution in [-0.4, -0.2) is 60.8 Å². The summed E-state index contributed by atoms with van der Waals surface area (Å²) < 4.78 is 5.00. The monoisotopic (exact) mass is 466 g/mol. The van der Waals surface area contributed by atoms with Gasteiger partial charge in [-0.3, -0.25) is 5.32 Å². The molecule has 0 aromatic rings. The molecule has 8 heteroatoms. The molecule has 0 amide bonds. The molecule has 0 aliphatic carbocycles. The van der Waals surface area contributed by atoms with Gasteiger partial charge in [0, 0.05) is 12.3 Å². The number of ether oxygens (including phenoxy) is 1. The van der Waals surface area contributed by atoms with E-state index in [9.17, 15) is 4.79 Å². The Morgan fingerprint density at radius 3 is 2.67 bits per heavy atom. The third-order valence-corrected chi connectivity index (χ3v) is 2.35. The molecule has 1 unspecified atom stereocenters. The van der Waals surface area contributed by atoms with Gasteiger partial charge >= 0.3 is 32.2 Å². The van der Waals surface area contributed by atoms with Crippen molar-refractivity contribution in [2.24, 2.45) is 5.73 Å². The second kappa shape index (κ2) is 11.4. The molecule has 0 saturated carbocycles. The number of carbonyl (C=O) groups is 1. The standard InChI is InChI=1S/C6H11NO2S.CH3NS2.Bi.3H/c1-2-9-6(8)5-7-3-4-10-5;2-1(3)4;;;;/h5,7H,2-4H2,1H3;(H3,2,3,4);;;;. The van der Waals surface area contributed by atoms with Gasteiger partial charge in [-0.25, -0.2) is 4.79 Å². The van der Waals surface area contributed by atoms with Crippen LogP contribution in [0.4, 0.5) is 0 Å². The summed E-state index contributed by atoms with van der Waals surface area (Å²) in [5.41, 5.74) is 4.71. The van der Waals surface area contributed by atoms with Crippen molar-refractivity contribution in [3.05, 3.63) is 0 Å². The SMILES string of the molecule is CCOC(=O)C1NCCS1.NC(=S)S.[BiH3]. The van der Waals surface area contributed by atoms with E-state index in [2.05, 4.69) is 30.2 Å². The van der Waals surface area contributed by atoms with Gasteiger partial charge in [0.25, 0.3) is 0 Å². The minimum absolute atomic E-state index is 0. The molecule has 1 aliphatic rings. The van der Waals surface area contributed by atoms with E-state index in [0.29, 0.717) is 6.61 Å². The number of thiol groups is 1. The Hall–Kier alpha value is 0.903.